The lowest BCUT2D eigenvalue weighted by Crippen LogP contribution is -2.33. The van der Waals surface area contributed by atoms with Crippen molar-refractivity contribution in [3.8, 4) is 5.75 Å². The number of nitrogens with zero attached hydrogens (tertiary/aromatic N) is 1. The van der Waals surface area contributed by atoms with Gasteiger partial charge in [-0.15, -0.1) is 0 Å². The first-order valence-electron chi connectivity index (χ1n) is 6.24. The van der Waals surface area contributed by atoms with Gasteiger partial charge in [0.25, 0.3) is 0 Å². The Morgan fingerprint density at radius 1 is 1.44 bits per heavy atom. The van der Waals surface area contributed by atoms with Crippen LogP contribution in [0.1, 0.15) is 30.9 Å². The van der Waals surface area contributed by atoms with Gasteiger partial charge in [-0.1, -0.05) is 0 Å². The van der Waals surface area contributed by atoms with Gasteiger partial charge in [0.2, 0.25) is 0 Å². The number of aliphatic hydroxyl groups excluding tert-OH is 1. The SMILES string of the molecule is COc1c(N)c(F)cc2c1N(C1CC1)CCC2O. The Morgan fingerprint density at radius 2 is 2.17 bits per heavy atom. The van der Waals surface area contributed by atoms with E-state index in [0.717, 1.165) is 25.1 Å². The first kappa shape index (κ1) is 11.6. The number of benzene rings is 1. The molecule has 5 heteroatoms. The van der Waals surface area contributed by atoms with Crippen LogP contribution in [0, 0.1) is 5.82 Å². The van der Waals surface area contributed by atoms with Crippen LogP contribution in [-0.2, 0) is 0 Å². The van der Waals surface area contributed by atoms with Crippen molar-refractivity contribution in [3.05, 3.63) is 17.4 Å². The van der Waals surface area contributed by atoms with Crippen LogP contribution in [0.25, 0.3) is 0 Å². The number of hydrogen-bond donors (Lipinski definition) is 2. The number of aliphatic hydroxyl groups is 1. The zero-order valence-electron chi connectivity index (χ0n) is 10.3. The third-order valence-electron chi connectivity index (χ3n) is 3.75. The van der Waals surface area contributed by atoms with Crippen molar-refractivity contribution in [3.63, 3.8) is 0 Å². The maximum Gasteiger partial charge on any atom is 0.168 e. The molecule has 18 heavy (non-hydrogen) atoms. The summed E-state index contributed by atoms with van der Waals surface area (Å²) in [6.07, 6.45) is 2.25. The number of fused-ring (bicyclic) bond motifs is 1. The highest BCUT2D eigenvalue weighted by molar-refractivity contribution is 5.76. The Hall–Kier alpha value is -1.49. The molecule has 1 aliphatic carbocycles. The monoisotopic (exact) mass is 252 g/mol. The summed E-state index contributed by atoms with van der Waals surface area (Å²) in [5, 5.41) is 10.0. The van der Waals surface area contributed by atoms with Crippen LogP contribution in [0.5, 0.6) is 5.75 Å². The molecule has 1 saturated carbocycles. The molecule has 0 aromatic heterocycles. The van der Waals surface area contributed by atoms with E-state index in [2.05, 4.69) is 4.90 Å². The molecular formula is C13H17FN2O2. The summed E-state index contributed by atoms with van der Waals surface area (Å²) >= 11 is 0. The third kappa shape index (κ3) is 1.61. The van der Waals surface area contributed by atoms with Crippen LogP contribution in [0.2, 0.25) is 0 Å². The Balaban J connectivity index is 2.19. The lowest BCUT2D eigenvalue weighted by atomic mass is 9.97. The van der Waals surface area contributed by atoms with Crippen molar-refractivity contribution in [2.24, 2.45) is 0 Å². The molecule has 3 N–H and O–H groups in total. The Labute approximate surface area is 105 Å². The summed E-state index contributed by atoms with van der Waals surface area (Å²) in [6, 6.07) is 1.82. The molecule has 0 radical (unpaired) electrons. The molecule has 0 spiro atoms. The molecule has 1 aliphatic heterocycles. The lowest BCUT2D eigenvalue weighted by Gasteiger charge is -2.35. The predicted molar refractivity (Wildman–Crippen MR) is 67.3 cm³/mol. The third-order valence-corrected chi connectivity index (χ3v) is 3.75. The number of ether oxygens (including phenoxy) is 1. The first-order valence-corrected chi connectivity index (χ1v) is 6.24. The van der Waals surface area contributed by atoms with Crippen LogP contribution in [0.15, 0.2) is 6.07 Å². The van der Waals surface area contributed by atoms with Gasteiger partial charge in [-0.05, 0) is 25.3 Å². The average molecular weight is 252 g/mol. The minimum Gasteiger partial charge on any atom is -0.492 e. The van der Waals surface area contributed by atoms with Gasteiger partial charge in [0.05, 0.1) is 18.9 Å². The molecule has 1 heterocycles. The van der Waals surface area contributed by atoms with E-state index in [9.17, 15) is 9.50 Å². The Bertz CT molecular complexity index is 488. The predicted octanol–water partition coefficient (Wildman–Crippen LogP) is 1.82. The zero-order chi connectivity index (χ0) is 12.9. The molecule has 4 nitrogen and oxygen atoms in total. The summed E-state index contributed by atoms with van der Waals surface area (Å²) in [7, 11) is 1.48. The summed E-state index contributed by atoms with van der Waals surface area (Å²) in [6.45, 7) is 0.764. The van der Waals surface area contributed by atoms with E-state index in [-0.39, 0.29) is 5.69 Å². The number of nitrogen functional groups attached to an aromatic ring is 1. The maximum absolute atomic E-state index is 13.7. The summed E-state index contributed by atoms with van der Waals surface area (Å²) in [5.74, 6) is -0.169. The van der Waals surface area contributed by atoms with Gasteiger partial charge < -0.3 is 20.5 Å². The highest BCUT2D eigenvalue weighted by Gasteiger charge is 2.37. The maximum atomic E-state index is 13.7. The molecule has 2 aliphatic rings. The normalized spacial score (nSPS) is 22.8. The standard InChI is InChI=1S/C13H17FN2O2/c1-18-13-11(15)9(14)6-8-10(17)4-5-16(12(8)13)7-2-3-7/h6-7,10,17H,2-5,15H2,1H3. The Kier molecular flexibility index (Phi) is 2.59. The van der Waals surface area contributed by atoms with Crippen LogP contribution in [0.4, 0.5) is 15.8 Å². The van der Waals surface area contributed by atoms with Crippen molar-refractivity contribution in [2.75, 3.05) is 24.3 Å². The number of hydrogen-bond acceptors (Lipinski definition) is 4. The number of rotatable bonds is 2. The molecular weight excluding hydrogens is 235 g/mol. The highest BCUT2D eigenvalue weighted by Crippen LogP contribution is 2.48. The van der Waals surface area contributed by atoms with E-state index in [1.54, 1.807) is 0 Å². The first-order chi connectivity index (χ1) is 8.63. The van der Waals surface area contributed by atoms with E-state index in [1.807, 2.05) is 0 Å². The number of halogens is 1. The van der Waals surface area contributed by atoms with Crippen molar-refractivity contribution < 1.29 is 14.2 Å². The average Bonchev–Trinajstić information content (AvgIpc) is 3.17. The molecule has 1 unspecified atom stereocenters. The Morgan fingerprint density at radius 3 is 2.78 bits per heavy atom. The van der Waals surface area contributed by atoms with Gasteiger partial charge in [0, 0.05) is 18.2 Å². The topological polar surface area (TPSA) is 58.7 Å². The molecule has 98 valence electrons. The highest BCUT2D eigenvalue weighted by atomic mass is 19.1. The number of nitrogens with two attached hydrogens (primary N) is 1. The second-order valence-corrected chi connectivity index (χ2v) is 4.97. The van der Waals surface area contributed by atoms with E-state index in [4.69, 9.17) is 10.5 Å². The van der Waals surface area contributed by atoms with E-state index < -0.39 is 11.9 Å². The fraction of sp³-hybridized carbons (Fsp3) is 0.538. The van der Waals surface area contributed by atoms with Crippen LogP contribution in [0.3, 0.4) is 0 Å². The summed E-state index contributed by atoms with van der Waals surface area (Å²) in [4.78, 5) is 2.19. The van der Waals surface area contributed by atoms with Crippen LogP contribution >= 0.6 is 0 Å². The smallest absolute Gasteiger partial charge is 0.168 e. The van der Waals surface area contributed by atoms with Gasteiger partial charge >= 0.3 is 0 Å². The fourth-order valence-electron chi connectivity index (χ4n) is 2.69. The van der Waals surface area contributed by atoms with Crippen LogP contribution in [-0.4, -0.2) is 24.8 Å². The lowest BCUT2D eigenvalue weighted by molar-refractivity contribution is 0.163. The largest absolute Gasteiger partial charge is 0.492 e. The fourth-order valence-corrected chi connectivity index (χ4v) is 2.69. The van der Waals surface area contributed by atoms with Gasteiger partial charge in [-0.3, -0.25) is 0 Å². The van der Waals surface area contributed by atoms with E-state index in [1.165, 1.54) is 13.2 Å². The molecule has 0 saturated heterocycles. The van der Waals surface area contributed by atoms with Crippen LogP contribution < -0.4 is 15.4 Å². The van der Waals surface area contributed by atoms with Crippen molar-refractivity contribution in [1.82, 2.24) is 0 Å². The van der Waals surface area contributed by atoms with Gasteiger partial charge in [-0.2, -0.15) is 0 Å². The molecule has 3 rings (SSSR count). The van der Waals surface area contributed by atoms with Crippen molar-refractivity contribution in [2.45, 2.75) is 31.4 Å². The van der Waals surface area contributed by atoms with E-state index >= 15 is 0 Å². The summed E-state index contributed by atoms with van der Waals surface area (Å²) < 4.78 is 19.0. The molecule has 0 amide bonds. The minimum atomic E-state index is -0.640. The van der Waals surface area contributed by atoms with Crippen molar-refractivity contribution in [1.29, 1.82) is 0 Å². The zero-order valence-corrected chi connectivity index (χ0v) is 10.3. The second-order valence-electron chi connectivity index (χ2n) is 4.97. The van der Waals surface area contributed by atoms with Gasteiger partial charge in [0.15, 0.2) is 5.75 Å². The van der Waals surface area contributed by atoms with Gasteiger partial charge in [-0.25, -0.2) is 4.39 Å². The molecule has 1 atom stereocenters. The number of methoxy groups -OCH3 is 1. The minimum absolute atomic E-state index is 0.0241. The van der Waals surface area contributed by atoms with Gasteiger partial charge in [0.1, 0.15) is 11.5 Å². The second kappa shape index (κ2) is 4.02. The molecule has 0 bridgehead atoms. The van der Waals surface area contributed by atoms with E-state index in [0.29, 0.717) is 23.8 Å². The van der Waals surface area contributed by atoms with Crippen molar-refractivity contribution >= 4 is 11.4 Å². The number of anilines is 2. The summed E-state index contributed by atoms with van der Waals surface area (Å²) in [5.41, 5.74) is 7.13. The molecule has 1 fully saturated rings. The molecule has 1 aromatic rings. The quantitative estimate of drug-likeness (QED) is 0.788. The molecule has 1 aromatic carbocycles.